The minimum Gasteiger partial charge on any atom is -0.462 e. The van der Waals surface area contributed by atoms with Crippen LogP contribution in [0.1, 0.15) is 162 Å². The highest BCUT2D eigenvalue weighted by molar-refractivity contribution is 5.71. The van der Waals surface area contributed by atoms with Crippen LogP contribution in [0.3, 0.4) is 0 Å². The van der Waals surface area contributed by atoms with E-state index in [1.165, 1.54) is 6.42 Å². The van der Waals surface area contributed by atoms with Crippen molar-refractivity contribution >= 4 is 17.9 Å². The second kappa shape index (κ2) is 51.4. The van der Waals surface area contributed by atoms with Crippen LogP contribution in [0, 0.1) is 0 Å². The van der Waals surface area contributed by atoms with Gasteiger partial charge in [0.05, 0.1) is 0 Å². The molecule has 1 atom stereocenters. The predicted molar refractivity (Wildman–Crippen MR) is 278 cm³/mol. The molecular weight excluding hydrogens is 805 g/mol. The summed E-state index contributed by atoms with van der Waals surface area (Å²) in [6, 6.07) is 0. The molecule has 65 heavy (non-hydrogen) atoms. The molecule has 0 saturated heterocycles. The normalized spacial score (nSPS) is 13.6. The summed E-state index contributed by atoms with van der Waals surface area (Å²) >= 11 is 0. The first-order valence-corrected chi connectivity index (χ1v) is 24.8. The average molecular weight is 891 g/mol. The van der Waals surface area contributed by atoms with E-state index in [-0.39, 0.29) is 44.0 Å². The molecule has 0 aromatic heterocycles. The number of carbonyl (C=O) groups is 3. The van der Waals surface area contributed by atoms with Gasteiger partial charge < -0.3 is 14.2 Å². The van der Waals surface area contributed by atoms with Crippen molar-refractivity contribution in [1.82, 2.24) is 0 Å². The maximum absolute atomic E-state index is 12.8. The third-order valence-electron chi connectivity index (χ3n) is 9.46. The Labute approximate surface area is 396 Å². The van der Waals surface area contributed by atoms with Crippen LogP contribution in [-0.4, -0.2) is 37.2 Å². The number of carbonyl (C=O) groups excluding carboxylic acids is 3. The molecule has 0 aliphatic heterocycles. The molecule has 0 aliphatic rings. The summed E-state index contributed by atoms with van der Waals surface area (Å²) in [5, 5.41) is 0. The zero-order chi connectivity index (χ0) is 47.2. The quantitative estimate of drug-likeness (QED) is 0.0200. The van der Waals surface area contributed by atoms with Gasteiger partial charge in [-0.3, -0.25) is 14.4 Å². The monoisotopic (exact) mass is 891 g/mol. The van der Waals surface area contributed by atoms with Gasteiger partial charge in [0.25, 0.3) is 0 Å². The number of esters is 3. The predicted octanol–water partition coefficient (Wildman–Crippen LogP) is 16.4. The van der Waals surface area contributed by atoms with E-state index in [1.54, 1.807) is 0 Å². The molecule has 0 spiro atoms. The summed E-state index contributed by atoms with van der Waals surface area (Å²) < 4.78 is 16.7. The van der Waals surface area contributed by atoms with Gasteiger partial charge in [-0.25, -0.2) is 0 Å². The van der Waals surface area contributed by atoms with Crippen LogP contribution in [0.5, 0.6) is 0 Å². The van der Waals surface area contributed by atoms with Crippen molar-refractivity contribution in [3.05, 3.63) is 170 Å². The number of hydrogen-bond acceptors (Lipinski definition) is 6. The van der Waals surface area contributed by atoms with Crippen molar-refractivity contribution in [1.29, 1.82) is 0 Å². The third kappa shape index (κ3) is 49.6. The number of rotatable bonds is 41. The molecule has 0 bridgehead atoms. The first-order chi connectivity index (χ1) is 32.0. The molecule has 0 N–H and O–H groups in total. The fourth-order valence-corrected chi connectivity index (χ4v) is 5.81. The zero-order valence-corrected chi connectivity index (χ0v) is 40.7. The lowest BCUT2D eigenvalue weighted by molar-refractivity contribution is -0.167. The Kier molecular flexibility index (Phi) is 47.3. The zero-order valence-electron chi connectivity index (χ0n) is 40.7. The molecule has 0 radical (unpaired) electrons. The van der Waals surface area contributed by atoms with E-state index in [9.17, 15) is 14.4 Å². The molecule has 0 heterocycles. The van der Waals surface area contributed by atoms with Gasteiger partial charge in [0.1, 0.15) is 13.2 Å². The molecule has 0 amide bonds. The van der Waals surface area contributed by atoms with Crippen molar-refractivity contribution in [2.24, 2.45) is 0 Å². The Morgan fingerprint density at radius 1 is 0.338 bits per heavy atom. The van der Waals surface area contributed by atoms with Crippen LogP contribution in [0.2, 0.25) is 0 Å². The van der Waals surface area contributed by atoms with Gasteiger partial charge in [-0.05, 0) is 89.9 Å². The summed E-state index contributed by atoms with van der Waals surface area (Å²) in [5.74, 6) is -1.06. The van der Waals surface area contributed by atoms with Gasteiger partial charge in [-0.2, -0.15) is 0 Å². The lowest BCUT2D eigenvalue weighted by Gasteiger charge is -2.18. The van der Waals surface area contributed by atoms with E-state index >= 15 is 0 Å². The molecule has 0 aliphatic carbocycles. The highest BCUT2D eigenvalue weighted by atomic mass is 16.6. The second-order valence-corrected chi connectivity index (χ2v) is 15.5. The SMILES string of the molecule is CC\C=C/C=C\C=C/C=C\C=C\C=C/CCCCCC(=O)OC(COC(=O)CCCC/C=C\C/C=C\C/C=C\CC)COC(=O)CCCCCCC\C=C/C=C\C=C/C=C\C=C/CCC. The Hall–Kier alpha value is -5.23. The van der Waals surface area contributed by atoms with Crippen molar-refractivity contribution in [3.8, 4) is 0 Å². The lowest BCUT2D eigenvalue weighted by atomic mass is 10.1. The van der Waals surface area contributed by atoms with Crippen LogP contribution < -0.4 is 0 Å². The molecule has 6 heteroatoms. The molecule has 6 nitrogen and oxygen atoms in total. The maximum atomic E-state index is 12.8. The number of allylic oxidation sites excluding steroid dienone is 28. The van der Waals surface area contributed by atoms with Gasteiger partial charge in [0.2, 0.25) is 0 Å². The average Bonchev–Trinajstić information content (AvgIpc) is 3.30. The van der Waals surface area contributed by atoms with Crippen molar-refractivity contribution in [3.63, 3.8) is 0 Å². The third-order valence-corrected chi connectivity index (χ3v) is 9.46. The summed E-state index contributed by atoms with van der Waals surface area (Å²) in [6.07, 6.45) is 76.1. The standard InChI is InChI=1S/C59H86O6/c1-4-7-10-13-16-19-22-25-27-29-31-32-34-37-40-43-46-49-52-58(61)64-55-56(54-63-57(60)51-48-45-42-39-36-24-21-18-15-12-9-6-3)65-59(62)53-50-47-44-41-38-35-33-30-28-26-23-20-17-14-11-8-5-2/h8-14,16-23,25-33,35-36,38-39,56H,4-7,15,24,34,37,40-55H2,1-3H3/b11-8-,12-9-,13-10-,17-14-,19-16-,21-18-,23-20-,25-22-,28-26-,29-27-,32-31-,33-30+,38-35-,39-36-. The molecular formula is C59H86O6. The highest BCUT2D eigenvalue weighted by Gasteiger charge is 2.19. The minimum absolute atomic E-state index is 0.132. The Bertz CT molecular complexity index is 1590. The second-order valence-electron chi connectivity index (χ2n) is 15.5. The maximum Gasteiger partial charge on any atom is 0.306 e. The van der Waals surface area contributed by atoms with Gasteiger partial charge in [-0.1, -0.05) is 223 Å². The van der Waals surface area contributed by atoms with Crippen molar-refractivity contribution in [2.45, 2.75) is 168 Å². The summed E-state index contributed by atoms with van der Waals surface area (Å²) in [5.41, 5.74) is 0. The van der Waals surface area contributed by atoms with Crippen LogP contribution in [-0.2, 0) is 28.6 Å². The molecule has 0 aromatic carbocycles. The Balaban J connectivity index is 4.63. The van der Waals surface area contributed by atoms with E-state index in [2.05, 4.69) is 93.7 Å². The van der Waals surface area contributed by atoms with Gasteiger partial charge in [-0.15, -0.1) is 0 Å². The molecule has 1 unspecified atom stereocenters. The first kappa shape index (κ1) is 59.8. The number of hydrogen-bond donors (Lipinski definition) is 0. The van der Waals surface area contributed by atoms with Crippen molar-refractivity contribution in [2.75, 3.05) is 13.2 Å². The van der Waals surface area contributed by atoms with E-state index in [0.29, 0.717) is 19.3 Å². The highest BCUT2D eigenvalue weighted by Crippen LogP contribution is 2.11. The fourth-order valence-electron chi connectivity index (χ4n) is 5.81. The number of unbranched alkanes of at least 4 members (excludes halogenated alkanes) is 11. The molecule has 358 valence electrons. The first-order valence-electron chi connectivity index (χ1n) is 24.8. The summed E-state index contributed by atoms with van der Waals surface area (Å²) in [4.78, 5) is 37.9. The van der Waals surface area contributed by atoms with Gasteiger partial charge in [0, 0.05) is 19.3 Å². The summed E-state index contributed by atoms with van der Waals surface area (Å²) in [7, 11) is 0. The van der Waals surface area contributed by atoms with E-state index in [0.717, 1.165) is 103 Å². The molecule has 0 aromatic rings. The molecule has 0 fully saturated rings. The van der Waals surface area contributed by atoms with Crippen LogP contribution in [0.4, 0.5) is 0 Å². The topological polar surface area (TPSA) is 78.9 Å². The van der Waals surface area contributed by atoms with Gasteiger partial charge >= 0.3 is 17.9 Å². The smallest absolute Gasteiger partial charge is 0.306 e. The number of ether oxygens (including phenoxy) is 3. The van der Waals surface area contributed by atoms with Crippen LogP contribution in [0.25, 0.3) is 0 Å². The minimum atomic E-state index is -0.837. The summed E-state index contributed by atoms with van der Waals surface area (Å²) in [6.45, 7) is 6.15. The van der Waals surface area contributed by atoms with Crippen LogP contribution in [0.15, 0.2) is 170 Å². The molecule has 0 saturated carbocycles. The van der Waals surface area contributed by atoms with E-state index < -0.39 is 6.10 Å². The van der Waals surface area contributed by atoms with Gasteiger partial charge in [0.15, 0.2) is 6.10 Å². The fraction of sp³-hybridized carbons (Fsp3) is 0.475. The lowest BCUT2D eigenvalue weighted by Crippen LogP contribution is -2.30. The largest absolute Gasteiger partial charge is 0.462 e. The van der Waals surface area contributed by atoms with Crippen LogP contribution >= 0.6 is 0 Å². The van der Waals surface area contributed by atoms with E-state index in [4.69, 9.17) is 14.2 Å². The van der Waals surface area contributed by atoms with E-state index in [1.807, 2.05) is 97.2 Å². The Morgan fingerprint density at radius 3 is 1.17 bits per heavy atom. The Morgan fingerprint density at radius 2 is 0.677 bits per heavy atom. The van der Waals surface area contributed by atoms with Crippen molar-refractivity contribution < 1.29 is 28.6 Å². The molecule has 0 rings (SSSR count).